The van der Waals surface area contributed by atoms with Crippen LogP contribution in [0.1, 0.15) is 36.2 Å². The Kier molecular flexibility index (Phi) is 5.29. The zero-order valence-electron chi connectivity index (χ0n) is 14.7. The second-order valence-electron chi connectivity index (χ2n) is 7.01. The van der Waals surface area contributed by atoms with E-state index >= 15 is 0 Å². The minimum Gasteiger partial charge on any atom is -0.345 e. The van der Waals surface area contributed by atoms with E-state index in [4.69, 9.17) is 0 Å². The molecule has 0 bridgehead atoms. The smallest absolute Gasteiger partial charge is 0.321 e. The minimum atomic E-state index is -0.0825. The molecule has 0 aliphatic carbocycles. The maximum Gasteiger partial charge on any atom is 0.321 e. The average Bonchev–Trinajstić information content (AvgIpc) is 2.47. The van der Waals surface area contributed by atoms with Gasteiger partial charge in [-0.2, -0.15) is 0 Å². The Morgan fingerprint density at radius 2 is 1.78 bits per heavy atom. The summed E-state index contributed by atoms with van der Waals surface area (Å²) >= 11 is 0. The number of likely N-dealkylation sites (tertiary alicyclic amines) is 1. The summed E-state index contributed by atoms with van der Waals surface area (Å²) in [4.78, 5) is 28.0. The number of rotatable bonds is 2. The number of hydrogen-bond acceptors (Lipinski definition) is 2. The van der Waals surface area contributed by atoms with Gasteiger partial charge in [0, 0.05) is 38.4 Å². The number of carbonyl (C=O) groups excluding carboxylic acids is 2. The van der Waals surface area contributed by atoms with E-state index in [1.54, 1.807) is 26.2 Å². The highest BCUT2D eigenvalue weighted by Gasteiger charge is 2.25. The molecule has 2 atom stereocenters. The monoisotopic (exact) mass is 317 g/mol. The van der Waals surface area contributed by atoms with Crippen molar-refractivity contribution in [2.45, 2.75) is 27.2 Å². The molecule has 5 heteroatoms. The molecule has 1 heterocycles. The zero-order chi connectivity index (χ0) is 17.1. The average molecular weight is 317 g/mol. The summed E-state index contributed by atoms with van der Waals surface area (Å²) in [7, 11) is 3.44. The first-order valence-electron chi connectivity index (χ1n) is 8.16. The topological polar surface area (TPSA) is 52.7 Å². The van der Waals surface area contributed by atoms with Crippen molar-refractivity contribution >= 4 is 17.6 Å². The molecule has 2 unspecified atom stereocenters. The van der Waals surface area contributed by atoms with Crippen molar-refractivity contribution in [2.24, 2.45) is 11.8 Å². The molecule has 0 radical (unpaired) electrons. The van der Waals surface area contributed by atoms with E-state index in [9.17, 15) is 9.59 Å². The lowest BCUT2D eigenvalue weighted by molar-refractivity contribution is 0.0827. The lowest BCUT2D eigenvalue weighted by atomic mass is 9.92. The Balaban J connectivity index is 2.14. The van der Waals surface area contributed by atoms with Gasteiger partial charge in [0.25, 0.3) is 5.91 Å². The van der Waals surface area contributed by atoms with Crippen LogP contribution >= 0.6 is 0 Å². The first-order chi connectivity index (χ1) is 10.8. The van der Waals surface area contributed by atoms with Crippen LogP contribution in [0.15, 0.2) is 18.2 Å². The van der Waals surface area contributed by atoms with Crippen molar-refractivity contribution in [1.82, 2.24) is 9.80 Å². The fraction of sp³-hybridized carbons (Fsp3) is 0.556. The maximum atomic E-state index is 12.5. The second-order valence-corrected chi connectivity index (χ2v) is 7.01. The molecular weight excluding hydrogens is 290 g/mol. The molecule has 126 valence electrons. The predicted octanol–water partition coefficient (Wildman–Crippen LogP) is 3.21. The Bertz CT molecular complexity index is 588. The first-order valence-corrected chi connectivity index (χ1v) is 8.16. The number of carbonyl (C=O) groups is 2. The highest BCUT2D eigenvalue weighted by molar-refractivity contribution is 5.97. The maximum absolute atomic E-state index is 12.5. The highest BCUT2D eigenvalue weighted by Crippen LogP contribution is 2.23. The second kappa shape index (κ2) is 7.02. The van der Waals surface area contributed by atoms with Crippen LogP contribution in [-0.2, 0) is 0 Å². The summed E-state index contributed by atoms with van der Waals surface area (Å²) in [5.41, 5.74) is 2.23. The number of amides is 3. The molecular formula is C18H27N3O2. The Labute approximate surface area is 138 Å². The number of anilines is 1. The van der Waals surface area contributed by atoms with Crippen molar-refractivity contribution < 1.29 is 9.59 Å². The number of urea groups is 1. The molecule has 3 amide bonds. The molecule has 0 aromatic heterocycles. The fourth-order valence-electron chi connectivity index (χ4n) is 3.17. The third-order valence-corrected chi connectivity index (χ3v) is 4.29. The van der Waals surface area contributed by atoms with Gasteiger partial charge >= 0.3 is 6.03 Å². The van der Waals surface area contributed by atoms with Gasteiger partial charge in [-0.3, -0.25) is 4.79 Å². The number of aryl methyl sites for hydroxylation is 1. The molecule has 5 nitrogen and oxygen atoms in total. The molecule has 1 aliphatic rings. The minimum absolute atomic E-state index is 0.0688. The van der Waals surface area contributed by atoms with E-state index < -0.39 is 0 Å². The van der Waals surface area contributed by atoms with Crippen LogP contribution in [0.25, 0.3) is 0 Å². The molecule has 23 heavy (non-hydrogen) atoms. The van der Waals surface area contributed by atoms with Gasteiger partial charge in [0.05, 0.1) is 0 Å². The van der Waals surface area contributed by atoms with Gasteiger partial charge in [0.2, 0.25) is 0 Å². The van der Waals surface area contributed by atoms with E-state index in [2.05, 4.69) is 19.2 Å². The fourth-order valence-corrected chi connectivity index (χ4v) is 3.17. The van der Waals surface area contributed by atoms with Gasteiger partial charge in [-0.1, -0.05) is 19.9 Å². The number of hydrogen-bond donors (Lipinski definition) is 1. The summed E-state index contributed by atoms with van der Waals surface area (Å²) in [6.45, 7) is 7.85. The number of piperidine rings is 1. The third-order valence-electron chi connectivity index (χ3n) is 4.29. The standard InChI is InChI=1S/C18H27N3O2/c1-12-8-13(2)11-21(10-12)18(23)19-16-9-15(7-6-14(16)3)17(22)20(4)5/h6-7,9,12-13H,8,10-11H2,1-5H3,(H,19,23). The normalized spacial score (nSPS) is 21.0. The third kappa shape index (κ3) is 4.24. The molecule has 1 saturated heterocycles. The van der Waals surface area contributed by atoms with E-state index in [0.29, 0.717) is 23.1 Å². The van der Waals surface area contributed by atoms with Crippen LogP contribution in [0.2, 0.25) is 0 Å². The molecule has 1 aliphatic heterocycles. The Morgan fingerprint density at radius 3 is 2.35 bits per heavy atom. The molecule has 1 aromatic carbocycles. The zero-order valence-corrected chi connectivity index (χ0v) is 14.7. The molecule has 0 spiro atoms. The number of benzene rings is 1. The molecule has 0 saturated carbocycles. The Hall–Kier alpha value is -2.04. The summed E-state index contributed by atoms with van der Waals surface area (Å²) in [5.74, 6) is 0.972. The van der Waals surface area contributed by atoms with Gasteiger partial charge in [0.15, 0.2) is 0 Å². The van der Waals surface area contributed by atoms with Crippen molar-refractivity contribution in [3.63, 3.8) is 0 Å². The summed E-state index contributed by atoms with van der Waals surface area (Å²) in [5, 5.41) is 2.97. The van der Waals surface area contributed by atoms with Gasteiger partial charge < -0.3 is 15.1 Å². The highest BCUT2D eigenvalue weighted by atomic mass is 16.2. The quantitative estimate of drug-likeness (QED) is 0.910. The van der Waals surface area contributed by atoms with Gasteiger partial charge in [-0.25, -0.2) is 4.79 Å². The van der Waals surface area contributed by atoms with Gasteiger partial charge in [-0.05, 0) is 42.9 Å². The molecule has 1 fully saturated rings. The molecule has 1 N–H and O–H groups in total. The van der Waals surface area contributed by atoms with Crippen molar-refractivity contribution in [1.29, 1.82) is 0 Å². The van der Waals surface area contributed by atoms with Crippen LogP contribution in [0.4, 0.5) is 10.5 Å². The van der Waals surface area contributed by atoms with E-state index in [-0.39, 0.29) is 11.9 Å². The lowest BCUT2D eigenvalue weighted by Gasteiger charge is -2.35. The van der Waals surface area contributed by atoms with E-state index in [1.165, 1.54) is 4.90 Å². The SMILES string of the molecule is Cc1ccc(C(=O)N(C)C)cc1NC(=O)N1CC(C)CC(C)C1. The van der Waals surface area contributed by atoms with Gasteiger partial charge in [-0.15, -0.1) is 0 Å². The largest absolute Gasteiger partial charge is 0.345 e. The first kappa shape index (κ1) is 17.3. The predicted molar refractivity (Wildman–Crippen MR) is 92.7 cm³/mol. The van der Waals surface area contributed by atoms with Crippen LogP contribution < -0.4 is 5.32 Å². The lowest BCUT2D eigenvalue weighted by Crippen LogP contribution is -2.44. The Morgan fingerprint density at radius 1 is 1.17 bits per heavy atom. The van der Waals surface area contributed by atoms with Crippen molar-refractivity contribution in [2.75, 3.05) is 32.5 Å². The van der Waals surface area contributed by atoms with Crippen LogP contribution in [0.5, 0.6) is 0 Å². The number of nitrogens with zero attached hydrogens (tertiary/aromatic N) is 2. The van der Waals surface area contributed by atoms with Crippen molar-refractivity contribution in [3.8, 4) is 0 Å². The van der Waals surface area contributed by atoms with E-state index in [1.807, 2.05) is 17.9 Å². The summed E-state index contributed by atoms with van der Waals surface area (Å²) in [6, 6.07) is 5.33. The van der Waals surface area contributed by atoms with Crippen LogP contribution in [0.3, 0.4) is 0 Å². The molecule has 1 aromatic rings. The summed E-state index contributed by atoms with van der Waals surface area (Å²) < 4.78 is 0. The van der Waals surface area contributed by atoms with Crippen LogP contribution in [-0.4, -0.2) is 48.9 Å². The summed E-state index contributed by atoms with van der Waals surface area (Å²) in [6.07, 6.45) is 1.16. The molecule has 2 rings (SSSR count). The number of nitrogens with one attached hydrogen (secondary N) is 1. The van der Waals surface area contributed by atoms with Crippen LogP contribution in [0, 0.1) is 18.8 Å². The van der Waals surface area contributed by atoms with Crippen molar-refractivity contribution in [3.05, 3.63) is 29.3 Å². The van der Waals surface area contributed by atoms with Gasteiger partial charge in [0.1, 0.15) is 0 Å². The van der Waals surface area contributed by atoms with E-state index in [0.717, 1.165) is 25.1 Å².